The molecule has 0 saturated heterocycles. The van der Waals surface area contributed by atoms with Gasteiger partial charge in [0, 0.05) is 11.4 Å². The van der Waals surface area contributed by atoms with Crippen LogP contribution in [0.15, 0.2) is 54.6 Å². The molecule has 0 fully saturated rings. The first-order chi connectivity index (χ1) is 10.7. The molecule has 0 spiro atoms. The van der Waals surface area contributed by atoms with Crippen LogP contribution in [0.1, 0.15) is 32.3 Å². The molecular formula is C19H24N2O. The van der Waals surface area contributed by atoms with Crippen molar-refractivity contribution in [2.24, 2.45) is 5.92 Å². The second-order valence-corrected chi connectivity index (χ2v) is 5.74. The van der Waals surface area contributed by atoms with Crippen LogP contribution in [-0.4, -0.2) is 6.03 Å². The zero-order valence-corrected chi connectivity index (χ0v) is 13.3. The SMILES string of the molecule is CCCC(C)Cc1ccc(NC(=O)Nc2ccccc2)cc1. The third-order valence-corrected chi connectivity index (χ3v) is 3.61. The molecule has 22 heavy (non-hydrogen) atoms. The van der Waals surface area contributed by atoms with Gasteiger partial charge >= 0.3 is 6.03 Å². The summed E-state index contributed by atoms with van der Waals surface area (Å²) >= 11 is 0. The van der Waals surface area contributed by atoms with Gasteiger partial charge in [-0.3, -0.25) is 0 Å². The first-order valence-corrected chi connectivity index (χ1v) is 7.89. The normalized spacial score (nSPS) is 11.7. The first kappa shape index (κ1) is 16.1. The van der Waals surface area contributed by atoms with E-state index in [0.717, 1.165) is 17.8 Å². The van der Waals surface area contributed by atoms with Gasteiger partial charge < -0.3 is 10.6 Å². The molecule has 0 aliphatic carbocycles. The van der Waals surface area contributed by atoms with Crippen molar-refractivity contribution in [3.05, 3.63) is 60.2 Å². The lowest BCUT2D eigenvalue weighted by atomic mass is 9.97. The lowest BCUT2D eigenvalue weighted by molar-refractivity contribution is 0.262. The van der Waals surface area contributed by atoms with Crippen molar-refractivity contribution >= 4 is 17.4 Å². The number of hydrogen-bond acceptors (Lipinski definition) is 1. The monoisotopic (exact) mass is 296 g/mol. The number of para-hydroxylation sites is 1. The lowest BCUT2D eigenvalue weighted by Crippen LogP contribution is -2.19. The van der Waals surface area contributed by atoms with Gasteiger partial charge in [-0.05, 0) is 42.2 Å². The van der Waals surface area contributed by atoms with Crippen molar-refractivity contribution in [3.8, 4) is 0 Å². The highest BCUT2D eigenvalue weighted by atomic mass is 16.2. The highest BCUT2D eigenvalue weighted by molar-refractivity contribution is 5.99. The predicted octanol–water partition coefficient (Wildman–Crippen LogP) is 5.31. The lowest BCUT2D eigenvalue weighted by Gasteiger charge is -2.11. The summed E-state index contributed by atoms with van der Waals surface area (Å²) in [5, 5.41) is 5.65. The minimum atomic E-state index is -0.224. The van der Waals surface area contributed by atoms with Crippen LogP contribution in [0.3, 0.4) is 0 Å². The maximum absolute atomic E-state index is 11.9. The van der Waals surface area contributed by atoms with E-state index >= 15 is 0 Å². The first-order valence-electron chi connectivity index (χ1n) is 7.89. The molecule has 2 aromatic carbocycles. The van der Waals surface area contributed by atoms with Gasteiger partial charge in [-0.25, -0.2) is 4.79 Å². The summed E-state index contributed by atoms with van der Waals surface area (Å²) in [5.41, 5.74) is 2.90. The molecule has 2 rings (SSSR count). The summed E-state index contributed by atoms with van der Waals surface area (Å²) in [7, 11) is 0. The summed E-state index contributed by atoms with van der Waals surface area (Å²) < 4.78 is 0. The fourth-order valence-electron chi connectivity index (χ4n) is 2.54. The molecule has 116 valence electrons. The second-order valence-electron chi connectivity index (χ2n) is 5.74. The highest BCUT2D eigenvalue weighted by Gasteiger charge is 2.05. The van der Waals surface area contributed by atoms with Crippen molar-refractivity contribution < 1.29 is 4.79 Å². The van der Waals surface area contributed by atoms with E-state index in [9.17, 15) is 4.79 Å². The average molecular weight is 296 g/mol. The maximum Gasteiger partial charge on any atom is 0.323 e. The van der Waals surface area contributed by atoms with Crippen molar-refractivity contribution in [1.29, 1.82) is 0 Å². The van der Waals surface area contributed by atoms with Crippen LogP contribution in [0.2, 0.25) is 0 Å². The smallest absolute Gasteiger partial charge is 0.308 e. The van der Waals surface area contributed by atoms with Gasteiger partial charge in [0.15, 0.2) is 0 Å². The van der Waals surface area contributed by atoms with Crippen LogP contribution in [0, 0.1) is 5.92 Å². The van der Waals surface area contributed by atoms with Gasteiger partial charge in [-0.1, -0.05) is 57.0 Å². The number of urea groups is 1. The summed E-state index contributed by atoms with van der Waals surface area (Å²) in [4.78, 5) is 11.9. The van der Waals surface area contributed by atoms with E-state index in [0.29, 0.717) is 5.92 Å². The molecule has 3 nitrogen and oxygen atoms in total. The Labute approximate surface area is 132 Å². The van der Waals surface area contributed by atoms with E-state index in [1.807, 2.05) is 42.5 Å². The van der Waals surface area contributed by atoms with E-state index in [4.69, 9.17) is 0 Å². The third-order valence-electron chi connectivity index (χ3n) is 3.61. The number of hydrogen-bond donors (Lipinski definition) is 2. The Hall–Kier alpha value is -2.29. The Balaban J connectivity index is 1.87. The molecule has 0 bridgehead atoms. The van der Waals surface area contributed by atoms with Gasteiger partial charge in [0.1, 0.15) is 0 Å². The Bertz CT molecular complexity index is 578. The molecule has 0 saturated carbocycles. The molecule has 2 aromatic rings. The number of carbonyl (C=O) groups excluding carboxylic acids is 1. The molecule has 2 N–H and O–H groups in total. The number of nitrogens with one attached hydrogen (secondary N) is 2. The summed E-state index contributed by atoms with van der Waals surface area (Å²) in [6.45, 7) is 4.50. The third kappa shape index (κ3) is 5.24. The van der Waals surface area contributed by atoms with Crippen LogP contribution in [0.25, 0.3) is 0 Å². The van der Waals surface area contributed by atoms with Crippen molar-refractivity contribution in [2.75, 3.05) is 10.6 Å². The van der Waals surface area contributed by atoms with E-state index in [-0.39, 0.29) is 6.03 Å². The van der Waals surface area contributed by atoms with Gasteiger partial charge in [-0.2, -0.15) is 0 Å². The fourth-order valence-corrected chi connectivity index (χ4v) is 2.54. The van der Waals surface area contributed by atoms with E-state index in [1.54, 1.807) is 0 Å². The molecule has 0 aromatic heterocycles. The minimum Gasteiger partial charge on any atom is -0.308 e. The van der Waals surface area contributed by atoms with Crippen molar-refractivity contribution in [1.82, 2.24) is 0 Å². The van der Waals surface area contributed by atoms with E-state index in [2.05, 4.69) is 36.6 Å². The Morgan fingerprint density at radius 2 is 1.55 bits per heavy atom. The number of rotatable bonds is 6. The maximum atomic E-state index is 11.9. The largest absolute Gasteiger partial charge is 0.323 e. The molecule has 3 heteroatoms. The Morgan fingerprint density at radius 1 is 0.955 bits per heavy atom. The molecule has 0 aliphatic rings. The number of amides is 2. The Kier molecular flexibility index (Phi) is 6.01. The van der Waals surface area contributed by atoms with Gasteiger partial charge in [-0.15, -0.1) is 0 Å². The van der Waals surface area contributed by atoms with Crippen LogP contribution in [-0.2, 0) is 6.42 Å². The predicted molar refractivity (Wildman–Crippen MR) is 93.3 cm³/mol. The fraction of sp³-hybridized carbons (Fsp3) is 0.316. The number of anilines is 2. The Morgan fingerprint density at radius 3 is 2.14 bits per heavy atom. The molecule has 2 amide bonds. The van der Waals surface area contributed by atoms with Crippen molar-refractivity contribution in [3.63, 3.8) is 0 Å². The van der Waals surface area contributed by atoms with Crippen LogP contribution < -0.4 is 10.6 Å². The van der Waals surface area contributed by atoms with Gasteiger partial charge in [0.2, 0.25) is 0 Å². The van der Waals surface area contributed by atoms with Crippen molar-refractivity contribution in [2.45, 2.75) is 33.1 Å². The molecule has 0 aliphatic heterocycles. The molecule has 0 heterocycles. The van der Waals surface area contributed by atoms with Crippen LogP contribution in [0.5, 0.6) is 0 Å². The molecule has 1 atom stereocenters. The van der Waals surface area contributed by atoms with Gasteiger partial charge in [0.05, 0.1) is 0 Å². The zero-order valence-electron chi connectivity index (χ0n) is 13.3. The zero-order chi connectivity index (χ0) is 15.8. The van der Waals surface area contributed by atoms with Crippen LogP contribution >= 0.6 is 0 Å². The standard InChI is InChI=1S/C19H24N2O/c1-3-7-15(2)14-16-10-12-18(13-11-16)21-19(22)20-17-8-5-4-6-9-17/h4-6,8-13,15H,3,7,14H2,1-2H3,(H2,20,21,22). The second kappa shape index (κ2) is 8.23. The number of benzene rings is 2. The quantitative estimate of drug-likeness (QED) is 0.745. The minimum absolute atomic E-state index is 0.224. The molecule has 1 unspecified atom stereocenters. The summed E-state index contributed by atoms with van der Waals surface area (Å²) in [6.07, 6.45) is 3.56. The summed E-state index contributed by atoms with van der Waals surface area (Å²) in [6, 6.07) is 17.3. The molecular weight excluding hydrogens is 272 g/mol. The van der Waals surface area contributed by atoms with E-state index in [1.165, 1.54) is 18.4 Å². The topological polar surface area (TPSA) is 41.1 Å². The average Bonchev–Trinajstić information content (AvgIpc) is 2.50. The number of carbonyl (C=O) groups is 1. The highest BCUT2D eigenvalue weighted by Crippen LogP contribution is 2.16. The van der Waals surface area contributed by atoms with Gasteiger partial charge in [0.25, 0.3) is 0 Å². The summed E-state index contributed by atoms with van der Waals surface area (Å²) in [5.74, 6) is 0.699. The van der Waals surface area contributed by atoms with E-state index < -0.39 is 0 Å². The molecule has 0 radical (unpaired) electrons. The van der Waals surface area contributed by atoms with Crippen LogP contribution in [0.4, 0.5) is 16.2 Å².